The summed E-state index contributed by atoms with van der Waals surface area (Å²) in [6.07, 6.45) is 2.02. The number of H-pyrrole nitrogens is 1. The Bertz CT molecular complexity index is 1120. The monoisotopic (exact) mass is 342 g/mol. The van der Waals surface area contributed by atoms with E-state index >= 15 is 0 Å². The van der Waals surface area contributed by atoms with Crippen LogP contribution in [0.3, 0.4) is 0 Å². The van der Waals surface area contributed by atoms with E-state index in [4.69, 9.17) is 4.42 Å². The summed E-state index contributed by atoms with van der Waals surface area (Å²) in [5.74, 6) is 1.70. The fraction of sp³-hybridized carbons (Fsp3) is 0.136. The molecule has 0 spiro atoms. The van der Waals surface area contributed by atoms with Gasteiger partial charge in [0.1, 0.15) is 11.5 Å². The van der Waals surface area contributed by atoms with Gasteiger partial charge in [0, 0.05) is 28.2 Å². The molecule has 0 fully saturated rings. The van der Waals surface area contributed by atoms with E-state index in [2.05, 4.69) is 17.1 Å². The van der Waals surface area contributed by atoms with Crippen LogP contribution in [0.4, 0.5) is 0 Å². The lowest BCUT2D eigenvalue weighted by molar-refractivity contribution is 0.0723. The van der Waals surface area contributed by atoms with E-state index in [0.29, 0.717) is 6.54 Å². The number of nitrogens with zero attached hydrogens (tertiary/aromatic N) is 1. The number of aromatic nitrogens is 1. The van der Waals surface area contributed by atoms with Crippen molar-refractivity contribution in [2.75, 3.05) is 0 Å². The molecule has 1 N–H and O–H groups in total. The average molecular weight is 342 g/mol. The summed E-state index contributed by atoms with van der Waals surface area (Å²) in [4.78, 5) is 18.4. The second kappa shape index (κ2) is 5.63. The average Bonchev–Trinajstić information content (AvgIpc) is 3.33. The predicted molar refractivity (Wildman–Crippen MR) is 99.9 cm³/mol. The van der Waals surface area contributed by atoms with Crippen LogP contribution in [-0.4, -0.2) is 15.8 Å². The van der Waals surface area contributed by atoms with E-state index < -0.39 is 0 Å². The van der Waals surface area contributed by atoms with Gasteiger partial charge in [0.2, 0.25) is 0 Å². The van der Waals surface area contributed by atoms with Gasteiger partial charge in [-0.05, 0) is 36.8 Å². The van der Waals surface area contributed by atoms with Crippen molar-refractivity contribution >= 4 is 16.8 Å². The third kappa shape index (κ3) is 2.19. The Hall–Kier alpha value is -3.27. The van der Waals surface area contributed by atoms with Gasteiger partial charge >= 0.3 is 0 Å². The van der Waals surface area contributed by atoms with Crippen molar-refractivity contribution in [1.29, 1.82) is 0 Å². The molecule has 26 heavy (non-hydrogen) atoms. The molecule has 3 heterocycles. The first kappa shape index (κ1) is 15.0. The van der Waals surface area contributed by atoms with Crippen molar-refractivity contribution in [3.8, 4) is 0 Å². The van der Waals surface area contributed by atoms with Crippen LogP contribution in [0.25, 0.3) is 10.9 Å². The Balaban J connectivity index is 1.66. The summed E-state index contributed by atoms with van der Waals surface area (Å²) in [5, 5.41) is 1.14. The van der Waals surface area contributed by atoms with Crippen molar-refractivity contribution in [2.45, 2.75) is 19.5 Å². The Kier molecular flexibility index (Phi) is 3.25. The Labute approximate surface area is 151 Å². The van der Waals surface area contributed by atoms with Gasteiger partial charge in [-0.1, -0.05) is 36.4 Å². The molecule has 1 aliphatic heterocycles. The van der Waals surface area contributed by atoms with E-state index in [1.54, 1.807) is 0 Å². The van der Waals surface area contributed by atoms with Crippen LogP contribution in [0.2, 0.25) is 0 Å². The highest BCUT2D eigenvalue weighted by Gasteiger charge is 2.38. The smallest absolute Gasteiger partial charge is 0.255 e. The van der Waals surface area contributed by atoms with Crippen LogP contribution < -0.4 is 0 Å². The summed E-state index contributed by atoms with van der Waals surface area (Å²) < 4.78 is 5.74. The molecule has 1 amide bonds. The van der Waals surface area contributed by atoms with E-state index in [1.807, 2.05) is 66.6 Å². The number of aryl methyl sites for hydroxylation is 1. The molecule has 0 saturated carbocycles. The van der Waals surface area contributed by atoms with Crippen molar-refractivity contribution in [3.05, 3.63) is 95.1 Å². The number of carbonyl (C=O) groups is 1. The molecule has 0 saturated heterocycles. The lowest BCUT2D eigenvalue weighted by Gasteiger charge is -2.24. The fourth-order valence-corrected chi connectivity index (χ4v) is 3.93. The number of amides is 1. The summed E-state index contributed by atoms with van der Waals surface area (Å²) >= 11 is 0. The first-order valence-electron chi connectivity index (χ1n) is 8.73. The number of hydrogen-bond donors (Lipinski definition) is 1. The number of benzene rings is 2. The van der Waals surface area contributed by atoms with Gasteiger partial charge in [0.25, 0.3) is 5.91 Å². The molecule has 0 aliphatic carbocycles. The van der Waals surface area contributed by atoms with Gasteiger partial charge in [-0.3, -0.25) is 4.79 Å². The maximum atomic E-state index is 13.1. The topological polar surface area (TPSA) is 49.2 Å². The molecule has 0 bridgehead atoms. The van der Waals surface area contributed by atoms with Gasteiger partial charge in [-0.15, -0.1) is 0 Å². The standard InChI is InChI=1S/C22H18N2O2/c1-14-10-11-15(26-14)13-24-21(17-7-2-3-8-18(17)22(24)25)19-12-23-20-9-5-4-6-16(19)20/h2-12,21,23H,13H2,1H3/t21-/m0/s1. The minimum absolute atomic E-state index is 0.0462. The van der Waals surface area contributed by atoms with Gasteiger partial charge < -0.3 is 14.3 Å². The molecule has 5 rings (SSSR count). The largest absolute Gasteiger partial charge is 0.464 e. The SMILES string of the molecule is Cc1ccc(CN2C(=O)c3ccccc3[C@H]2c2c[nH]c3ccccc23)o1. The Morgan fingerprint density at radius 3 is 2.65 bits per heavy atom. The fourth-order valence-electron chi connectivity index (χ4n) is 3.93. The lowest BCUT2D eigenvalue weighted by Crippen LogP contribution is -2.28. The summed E-state index contributed by atoms with van der Waals surface area (Å²) in [7, 11) is 0. The second-order valence-electron chi connectivity index (χ2n) is 6.72. The zero-order chi connectivity index (χ0) is 17.7. The number of fused-ring (bicyclic) bond motifs is 2. The number of aromatic amines is 1. The van der Waals surface area contributed by atoms with Crippen molar-refractivity contribution in [3.63, 3.8) is 0 Å². The van der Waals surface area contributed by atoms with Crippen molar-refractivity contribution in [2.24, 2.45) is 0 Å². The van der Waals surface area contributed by atoms with Gasteiger partial charge in [-0.25, -0.2) is 0 Å². The number of nitrogens with one attached hydrogen (secondary N) is 1. The van der Waals surface area contributed by atoms with Gasteiger partial charge in [0.15, 0.2) is 0 Å². The maximum absolute atomic E-state index is 13.1. The molecule has 4 aromatic rings. The van der Waals surface area contributed by atoms with Gasteiger partial charge in [-0.2, -0.15) is 0 Å². The quantitative estimate of drug-likeness (QED) is 0.580. The number of hydrogen-bond acceptors (Lipinski definition) is 2. The van der Waals surface area contributed by atoms with Crippen molar-refractivity contribution in [1.82, 2.24) is 9.88 Å². The Morgan fingerprint density at radius 2 is 1.81 bits per heavy atom. The third-order valence-corrected chi connectivity index (χ3v) is 5.10. The molecule has 1 aliphatic rings. The highest BCUT2D eigenvalue weighted by molar-refractivity contribution is 6.00. The molecule has 0 unspecified atom stereocenters. The van der Waals surface area contributed by atoms with Crippen LogP contribution in [0.1, 0.15) is 39.0 Å². The summed E-state index contributed by atoms with van der Waals surface area (Å²) in [6.45, 7) is 2.37. The van der Waals surface area contributed by atoms with Crippen LogP contribution in [0.15, 0.2) is 71.3 Å². The van der Waals surface area contributed by atoms with E-state index in [-0.39, 0.29) is 11.9 Å². The molecule has 4 nitrogen and oxygen atoms in total. The molecule has 128 valence electrons. The van der Waals surface area contributed by atoms with Crippen LogP contribution in [0, 0.1) is 6.92 Å². The zero-order valence-corrected chi connectivity index (χ0v) is 14.4. The number of rotatable bonds is 3. The highest BCUT2D eigenvalue weighted by Crippen LogP contribution is 2.41. The summed E-state index contributed by atoms with van der Waals surface area (Å²) in [6, 6.07) is 19.8. The maximum Gasteiger partial charge on any atom is 0.255 e. The lowest BCUT2D eigenvalue weighted by atomic mass is 9.97. The summed E-state index contributed by atoms with van der Waals surface area (Å²) in [5.41, 5.74) is 4.01. The van der Waals surface area contributed by atoms with E-state index in [0.717, 1.165) is 39.1 Å². The predicted octanol–water partition coefficient (Wildman–Crippen LogP) is 4.81. The Morgan fingerprint density at radius 1 is 1.00 bits per heavy atom. The molecule has 1 atom stereocenters. The number of carbonyl (C=O) groups excluding carboxylic acids is 1. The van der Waals surface area contributed by atoms with E-state index in [9.17, 15) is 4.79 Å². The minimum Gasteiger partial charge on any atom is -0.464 e. The first-order valence-corrected chi connectivity index (χ1v) is 8.73. The van der Waals surface area contributed by atoms with Gasteiger partial charge in [0.05, 0.1) is 12.6 Å². The second-order valence-corrected chi connectivity index (χ2v) is 6.72. The molecule has 2 aromatic heterocycles. The first-order chi connectivity index (χ1) is 12.7. The van der Waals surface area contributed by atoms with E-state index in [1.165, 1.54) is 0 Å². The normalized spacial score (nSPS) is 16.4. The number of furan rings is 1. The zero-order valence-electron chi connectivity index (χ0n) is 14.4. The molecule has 2 aromatic carbocycles. The van der Waals surface area contributed by atoms with Crippen LogP contribution in [-0.2, 0) is 6.54 Å². The number of para-hydroxylation sites is 1. The van der Waals surface area contributed by atoms with Crippen molar-refractivity contribution < 1.29 is 9.21 Å². The highest BCUT2D eigenvalue weighted by atomic mass is 16.3. The molecular weight excluding hydrogens is 324 g/mol. The molecule has 0 radical (unpaired) electrons. The molecular formula is C22H18N2O2. The van der Waals surface area contributed by atoms with Crippen LogP contribution in [0.5, 0.6) is 0 Å². The molecule has 4 heteroatoms. The third-order valence-electron chi connectivity index (χ3n) is 5.10. The minimum atomic E-state index is -0.125. The van der Waals surface area contributed by atoms with Crippen LogP contribution >= 0.6 is 0 Å².